The first-order valence-electron chi connectivity index (χ1n) is 4.21. The standard InChI is InChI=1S/C10H12BrClO/c1-8(6-7-11)13-10-5-3-2-4-9(10)12/h2-5,8H,6-7H2,1H3. The summed E-state index contributed by atoms with van der Waals surface area (Å²) in [5, 5.41) is 1.61. The molecule has 0 fully saturated rings. The topological polar surface area (TPSA) is 9.23 Å². The van der Waals surface area contributed by atoms with Crippen molar-refractivity contribution in [1.82, 2.24) is 0 Å². The summed E-state index contributed by atoms with van der Waals surface area (Å²) in [5.41, 5.74) is 0. The minimum Gasteiger partial charge on any atom is -0.489 e. The summed E-state index contributed by atoms with van der Waals surface area (Å²) in [5.74, 6) is 0.762. The number of para-hydroxylation sites is 1. The summed E-state index contributed by atoms with van der Waals surface area (Å²) in [4.78, 5) is 0. The van der Waals surface area contributed by atoms with Crippen LogP contribution in [0, 0.1) is 0 Å². The third kappa shape index (κ3) is 3.57. The summed E-state index contributed by atoms with van der Waals surface area (Å²) in [7, 11) is 0. The maximum absolute atomic E-state index is 5.93. The van der Waals surface area contributed by atoms with E-state index in [1.54, 1.807) is 0 Å². The molecule has 0 radical (unpaired) electrons. The molecule has 0 heterocycles. The highest BCUT2D eigenvalue weighted by Gasteiger charge is 2.05. The molecular weight excluding hydrogens is 251 g/mol. The van der Waals surface area contributed by atoms with Crippen molar-refractivity contribution in [2.45, 2.75) is 19.4 Å². The Hall–Kier alpha value is -0.210. The van der Waals surface area contributed by atoms with E-state index < -0.39 is 0 Å². The Morgan fingerprint density at radius 2 is 2.15 bits per heavy atom. The summed E-state index contributed by atoms with van der Waals surface area (Å²) in [6.45, 7) is 2.03. The highest BCUT2D eigenvalue weighted by Crippen LogP contribution is 2.24. The van der Waals surface area contributed by atoms with Gasteiger partial charge in [0, 0.05) is 5.33 Å². The zero-order valence-corrected chi connectivity index (χ0v) is 9.81. The van der Waals surface area contributed by atoms with Crippen molar-refractivity contribution in [2.75, 3.05) is 5.33 Å². The Bertz CT molecular complexity index is 265. The van der Waals surface area contributed by atoms with E-state index in [2.05, 4.69) is 15.9 Å². The Balaban J connectivity index is 2.58. The van der Waals surface area contributed by atoms with Crippen LogP contribution in [0.4, 0.5) is 0 Å². The maximum Gasteiger partial charge on any atom is 0.138 e. The van der Waals surface area contributed by atoms with Gasteiger partial charge in [-0.05, 0) is 25.5 Å². The van der Waals surface area contributed by atoms with E-state index in [0.29, 0.717) is 5.02 Å². The molecule has 0 amide bonds. The number of ether oxygens (including phenoxy) is 1. The second-order valence-electron chi connectivity index (χ2n) is 2.84. The van der Waals surface area contributed by atoms with Crippen molar-refractivity contribution in [1.29, 1.82) is 0 Å². The van der Waals surface area contributed by atoms with Gasteiger partial charge in [0.1, 0.15) is 5.75 Å². The van der Waals surface area contributed by atoms with Gasteiger partial charge in [-0.1, -0.05) is 39.7 Å². The first-order chi connectivity index (χ1) is 6.24. The van der Waals surface area contributed by atoms with Crippen molar-refractivity contribution in [3.8, 4) is 5.75 Å². The van der Waals surface area contributed by atoms with Crippen molar-refractivity contribution in [2.24, 2.45) is 0 Å². The third-order valence-electron chi connectivity index (χ3n) is 1.68. The van der Waals surface area contributed by atoms with Gasteiger partial charge in [0.2, 0.25) is 0 Å². The van der Waals surface area contributed by atoms with E-state index in [-0.39, 0.29) is 6.10 Å². The molecule has 0 N–H and O–H groups in total. The van der Waals surface area contributed by atoms with Gasteiger partial charge in [0.05, 0.1) is 11.1 Å². The van der Waals surface area contributed by atoms with Crippen LogP contribution in [0.1, 0.15) is 13.3 Å². The molecule has 0 bridgehead atoms. The first-order valence-corrected chi connectivity index (χ1v) is 5.71. The molecule has 1 rings (SSSR count). The van der Waals surface area contributed by atoms with Crippen LogP contribution in [0.5, 0.6) is 5.75 Å². The van der Waals surface area contributed by atoms with Gasteiger partial charge in [-0.15, -0.1) is 0 Å². The number of halogens is 2. The van der Waals surface area contributed by atoms with Crippen molar-refractivity contribution >= 4 is 27.5 Å². The van der Waals surface area contributed by atoms with E-state index in [4.69, 9.17) is 16.3 Å². The lowest BCUT2D eigenvalue weighted by Crippen LogP contribution is -2.12. The largest absolute Gasteiger partial charge is 0.489 e. The third-order valence-corrected chi connectivity index (χ3v) is 2.45. The number of hydrogen-bond donors (Lipinski definition) is 0. The zero-order chi connectivity index (χ0) is 9.68. The van der Waals surface area contributed by atoms with E-state index in [1.807, 2.05) is 31.2 Å². The zero-order valence-electron chi connectivity index (χ0n) is 7.47. The number of rotatable bonds is 4. The number of alkyl halides is 1. The van der Waals surface area contributed by atoms with Crippen molar-refractivity contribution in [3.05, 3.63) is 29.3 Å². The molecule has 1 aromatic carbocycles. The molecule has 1 aromatic rings. The average Bonchev–Trinajstić information content (AvgIpc) is 2.09. The van der Waals surface area contributed by atoms with Gasteiger partial charge in [0.15, 0.2) is 0 Å². The summed E-state index contributed by atoms with van der Waals surface area (Å²) in [6, 6.07) is 7.53. The molecule has 72 valence electrons. The van der Waals surface area contributed by atoms with Gasteiger partial charge < -0.3 is 4.74 Å². The molecule has 0 aliphatic carbocycles. The van der Waals surface area contributed by atoms with Gasteiger partial charge in [0.25, 0.3) is 0 Å². The molecule has 3 heteroatoms. The summed E-state index contributed by atoms with van der Waals surface area (Å²) < 4.78 is 5.62. The summed E-state index contributed by atoms with van der Waals surface area (Å²) >= 11 is 9.30. The van der Waals surface area contributed by atoms with Crippen LogP contribution in [-0.4, -0.2) is 11.4 Å². The normalized spacial score (nSPS) is 12.5. The van der Waals surface area contributed by atoms with Crippen LogP contribution >= 0.6 is 27.5 Å². The second-order valence-corrected chi connectivity index (χ2v) is 4.04. The molecule has 1 unspecified atom stereocenters. The number of benzene rings is 1. The van der Waals surface area contributed by atoms with Crippen LogP contribution in [-0.2, 0) is 0 Å². The highest BCUT2D eigenvalue weighted by atomic mass is 79.9. The molecule has 0 aromatic heterocycles. The lowest BCUT2D eigenvalue weighted by Gasteiger charge is -2.14. The molecule has 0 aliphatic rings. The molecule has 0 spiro atoms. The van der Waals surface area contributed by atoms with Gasteiger partial charge in [-0.3, -0.25) is 0 Å². The van der Waals surface area contributed by atoms with E-state index in [1.165, 1.54) is 0 Å². The maximum atomic E-state index is 5.93. The Labute approximate surface area is 92.2 Å². The fourth-order valence-corrected chi connectivity index (χ4v) is 1.79. The molecule has 13 heavy (non-hydrogen) atoms. The van der Waals surface area contributed by atoms with Gasteiger partial charge in [-0.2, -0.15) is 0 Å². The fraction of sp³-hybridized carbons (Fsp3) is 0.400. The molecular formula is C10H12BrClO. The predicted molar refractivity (Wildman–Crippen MR) is 60.0 cm³/mol. The fourth-order valence-electron chi connectivity index (χ4n) is 0.970. The van der Waals surface area contributed by atoms with Crippen molar-refractivity contribution in [3.63, 3.8) is 0 Å². The Kier molecular flexibility index (Phi) is 4.60. The summed E-state index contributed by atoms with van der Waals surface area (Å²) in [6.07, 6.45) is 1.17. The highest BCUT2D eigenvalue weighted by molar-refractivity contribution is 9.09. The number of hydrogen-bond acceptors (Lipinski definition) is 1. The minimum atomic E-state index is 0.194. The van der Waals surface area contributed by atoms with Crippen LogP contribution in [0.2, 0.25) is 5.02 Å². The smallest absolute Gasteiger partial charge is 0.138 e. The van der Waals surface area contributed by atoms with E-state index in [9.17, 15) is 0 Å². The lowest BCUT2D eigenvalue weighted by molar-refractivity contribution is 0.219. The predicted octanol–water partition coefficient (Wildman–Crippen LogP) is 3.89. The Morgan fingerprint density at radius 3 is 2.77 bits per heavy atom. The monoisotopic (exact) mass is 262 g/mol. The van der Waals surface area contributed by atoms with Crippen LogP contribution < -0.4 is 4.74 Å². The molecule has 0 saturated heterocycles. The molecule has 0 aliphatic heterocycles. The molecule has 1 atom stereocenters. The second kappa shape index (κ2) is 5.51. The Morgan fingerprint density at radius 1 is 1.46 bits per heavy atom. The van der Waals surface area contributed by atoms with Gasteiger partial charge in [-0.25, -0.2) is 0 Å². The van der Waals surface area contributed by atoms with Gasteiger partial charge >= 0.3 is 0 Å². The van der Waals surface area contributed by atoms with Crippen LogP contribution in [0.15, 0.2) is 24.3 Å². The molecule has 0 saturated carbocycles. The van der Waals surface area contributed by atoms with Crippen molar-refractivity contribution < 1.29 is 4.74 Å². The van der Waals surface area contributed by atoms with Crippen LogP contribution in [0.3, 0.4) is 0 Å². The average molecular weight is 264 g/mol. The molecule has 1 nitrogen and oxygen atoms in total. The quantitative estimate of drug-likeness (QED) is 0.749. The van der Waals surface area contributed by atoms with E-state index >= 15 is 0 Å². The SMILES string of the molecule is CC(CCBr)Oc1ccccc1Cl. The van der Waals surface area contributed by atoms with E-state index in [0.717, 1.165) is 17.5 Å². The van der Waals surface area contributed by atoms with Crippen LogP contribution in [0.25, 0.3) is 0 Å². The minimum absolute atomic E-state index is 0.194. The first kappa shape index (κ1) is 10.9. The lowest BCUT2D eigenvalue weighted by atomic mass is 10.3.